The highest BCUT2D eigenvalue weighted by atomic mass is 32.2. The van der Waals surface area contributed by atoms with Crippen molar-refractivity contribution in [3.05, 3.63) is 57.4 Å². The van der Waals surface area contributed by atoms with Crippen molar-refractivity contribution in [2.45, 2.75) is 25.6 Å². The van der Waals surface area contributed by atoms with Gasteiger partial charge in [-0.25, -0.2) is 0 Å². The highest BCUT2D eigenvalue weighted by molar-refractivity contribution is 8.04. The van der Waals surface area contributed by atoms with E-state index in [1.807, 2.05) is 49.6 Å². The molecule has 23 heavy (non-hydrogen) atoms. The third-order valence-corrected chi connectivity index (χ3v) is 5.27. The minimum Gasteiger partial charge on any atom is -0.268 e. The summed E-state index contributed by atoms with van der Waals surface area (Å²) in [7, 11) is 0. The van der Waals surface area contributed by atoms with Crippen LogP contribution < -0.4 is 0 Å². The number of thioether (sulfide) groups is 1. The van der Waals surface area contributed by atoms with Gasteiger partial charge in [0.2, 0.25) is 0 Å². The molecule has 6 heteroatoms. The third-order valence-electron chi connectivity index (χ3n) is 3.29. The van der Waals surface area contributed by atoms with Gasteiger partial charge in [0, 0.05) is 16.3 Å². The molecule has 0 unspecified atom stereocenters. The Morgan fingerprint density at radius 3 is 2.61 bits per heavy atom. The van der Waals surface area contributed by atoms with Crippen molar-refractivity contribution in [1.29, 1.82) is 0 Å². The van der Waals surface area contributed by atoms with E-state index >= 15 is 0 Å². The Balaban J connectivity index is 1.96. The number of nitrogens with zero attached hydrogens (tertiary/aromatic N) is 2. The number of aromatic nitrogens is 1. The van der Waals surface area contributed by atoms with Crippen molar-refractivity contribution in [2.24, 2.45) is 0 Å². The zero-order valence-electron chi connectivity index (χ0n) is 12.9. The molecule has 118 valence electrons. The first kappa shape index (κ1) is 16.0. The summed E-state index contributed by atoms with van der Waals surface area (Å²) in [4.78, 5) is 32.5. The van der Waals surface area contributed by atoms with Gasteiger partial charge in [0.25, 0.3) is 11.8 Å². The standard InChI is InChI=1S/C17H16N2O2S2/c1-11(2)23-15-14(13-7-5-9-22-13)16(20)19(17(15)21)10-12-6-3-4-8-18-12/h3-9,11H,10H2,1-2H3. The monoisotopic (exact) mass is 344 g/mol. The van der Waals surface area contributed by atoms with Gasteiger partial charge in [0.05, 0.1) is 22.7 Å². The molecule has 4 nitrogen and oxygen atoms in total. The molecule has 0 fully saturated rings. The fourth-order valence-electron chi connectivity index (χ4n) is 2.33. The smallest absolute Gasteiger partial charge is 0.268 e. The molecule has 0 bridgehead atoms. The van der Waals surface area contributed by atoms with Gasteiger partial charge in [-0.05, 0) is 23.6 Å². The predicted octanol–water partition coefficient (Wildman–Crippen LogP) is 3.56. The van der Waals surface area contributed by atoms with E-state index in [2.05, 4.69) is 4.98 Å². The van der Waals surface area contributed by atoms with Crippen LogP contribution in [0.1, 0.15) is 24.4 Å². The Hall–Kier alpha value is -1.92. The maximum absolute atomic E-state index is 12.8. The zero-order chi connectivity index (χ0) is 16.4. The summed E-state index contributed by atoms with van der Waals surface area (Å²) in [5.41, 5.74) is 1.23. The summed E-state index contributed by atoms with van der Waals surface area (Å²) in [6.45, 7) is 4.24. The van der Waals surface area contributed by atoms with Crippen LogP contribution in [-0.2, 0) is 16.1 Å². The number of imide groups is 1. The molecule has 0 radical (unpaired) electrons. The lowest BCUT2D eigenvalue weighted by Gasteiger charge is -2.14. The van der Waals surface area contributed by atoms with Crippen molar-refractivity contribution >= 4 is 40.5 Å². The number of hydrogen-bond donors (Lipinski definition) is 0. The Bertz CT molecular complexity index is 752. The van der Waals surface area contributed by atoms with Gasteiger partial charge < -0.3 is 0 Å². The number of carbonyl (C=O) groups is 2. The maximum Gasteiger partial charge on any atom is 0.268 e. The highest BCUT2D eigenvalue weighted by Crippen LogP contribution is 2.39. The van der Waals surface area contributed by atoms with Crippen LogP contribution in [0.4, 0.5) is 0 Å². The van der Waals surface area contributed by atoms with Gasteiger partial charge in [-0.3, -0.25) is 19.5 Å². The van der Waals surface area contributed by atoms with Crippen LogP contribution in [0.5, 0.6) is 0 Å². The second-order valence-electron chi connectivity index (χ2n) is 5.37. The van der Waals surface area contributed by atoms with Gasteiger partial charge in [-0.1, -0.05) is 26.0 Å². The molecule has 0 aliphatic carbocycles. The molecule has 1 aliphatic rings. The Morgan fingerprint density at radius 2 is 2.00 bits per heavy atom. The molecule has 3 rings (SSSR count). The lowest BCUT2D eigenvalue weighted by atomic mass is 10.2. The summed E-state index contributed by atoms with van der Waals surface area (Å²) >= 11 is 2.93. The second kappa shape index (κ2) is 6.68. The fourth-order valence-corrected chi connectivity index (χ4v) is 4.16. The number of carbonyl (C=O) groups excluding carboxylic acids is 2. The number of thiophene rings is 1. The first-order valence-corrected chi connectivity index (χ1v) is 9.04. The Labute approximate surface area is 143 Å². The van der Waals surface area contributed by atoms with E-state index in [1.54, 1.807) is 6.20 Å². The largest absolute Gasteiger partial charge is 0.268 e. The molecule has 2 aromatic heterocycles. The van der Waals surface area contributed by atoms with Crippen LogP contribution >= 0.6 is 23.1 Å². The van der Waals surface area contributed by atoms with Gasteiger partial charge >= 0.3 is 0 Å². The van der Waals surface area contributed by atoms with E-state index in [9.17, 15) is 9.59 Å². The topological polar surface area (TPSA) is 50.3 Å². The van der Waals surface area contributed by atoms with Gasteiger partial charge in [0.15, 0.2) is 0 Å². The van der Waals surface area contributed by atoms with Crippen molar-refractivity contribution in [2.75, 3.05) is 0 Å². The lowest BCUT2D eigenvalue weighted by Crippen LogP contribution is -2.31. The Morgan fingerprint density at radius 1 is 1.17 bits per heavy atom. The van der Waals surface area contributed by atoms with Crippen molar-refractivity contribution in [3.8, 4) is 0 Å². The molecule has 0 N–H and O–H groups in total. The third kappa shape index (κ3) is 3.23. The molecular formula is C17H16N2O2S2. The molecule has 1 aliphatic heterocycles. The van der Waals surface area contributed by atoms with E-state index in [-0.39, 0.29) is 23.6 Å². The normalized spacial score (nSPS) is 15.2. The molecule has 0 atom stereocenters. The summed E-state index contributed by atoms with van der Waals surface area (Å²) in [5.74, 6) is -0.450. The summed E-state index contributed by atoms with van der Waals surface area (Å²) in [6.07, 6.45) is 1.66. The average molecular weight is 344 g/mol. The molecule has 0 saturated carbocycles. The molecule has 0 aromatic carbocycles. The lowest BCUT2D eigenvalue weighted by molar-refractivity contribution is -0.137. The van der Waals surface area contributed by atoms with Crippen LogP contribution in [-0.4, -0.2) is 26.9 Å². The van der Waals surface area contributed by atoms with Gasteiger partial charge in [-0.15, -0.1) is 23.1 Å². The number of rotatable bonds is 5. The second-order valence-corrected chi connectivity index (χ2v) is 7.90. The minimum atomic E-state index is -0.230. The highest BCUT2D eigenvalue weighted by Gasteiger charge is 2.40. The van der Waals surface area contributed by atoms with Crippen LogP contribution in [0, 0.1) is 0 Å². The van der Waals surface area contributed by atoms with E-state index < -0.39 is 0 Å². The van der Waals surface area contributed by atoms with Crippen LogP contribution in [0.3, 0.4) is 0 Å². The van der Waals surface area contributed by atoms with E-state index in [0.717, 1.165) is 4.88 Å². The van der Waals surface area contributed by atoms with Gasteiger partial charge in [-0.2, -0.15) is 0 Å². The number of amides is 2. The first-order valence-electron chi connectivity index (χ1n) is 7.29. The Kier molecular flexibility index (Phi) is 4.63. The summed E-state index contributed by atoms with van der Waals surface area (Å²) in [5, 5.41) is 2.14. The molecule has 3 heterocycles. The van der Waals surface area contributed by atoms with Gasteiger partial charge in [0.1, 0.15) is 0 Å². The SMILES string of the molecule is CC(C)SC1=C(c2cccs2)C(=O)N(Cc2ccccn2)C1=O. The average Bonchev–Trinajstić information content (AvgIpc) is 3.12. The van der Waals surface area contributed by atoms with E-state index in [4.69, 9.17) is 0 Å². The van der Waals surface area contributed by atoms with E-state index in [0.29, 0.717) is 16.2 Å². The minimum absolute atomic E-state index is 0.204. The van der Waals surface area contributed by atoms with Crippen molar-refractivity contribution < 1.29 is 9.59 Å². The first-order chi connectivity index (χ1) is 11.1. The van der Waals surface area contributed by atoms with Crippen LogP contribution in [0.15, 0.2) is 46.8 Å². The fraction of sp³-hybridized carbons (Fsp3) is 0.235. The zero-order valence-corrected chi connectivity index (χ0v) is 14.5. The predicted molar refractivity (Wildman–Crippen MR) is 93.8 cm³/mol. The summed E-state index contributed by atoms with van der Waals surface area (Å²) < 4.78 is 0. The quantitative estimate of drug-likeness (QED) is 0.778. The van der Waals surface area contributed by atoms with E-state index in [1.165, 1.54) is 28.0 Å². The van der Waals surface area contributed by atoms with Crippen LogP contribution in [0.25, 0.3) is 5.57 Å². The van der Waals surface area contributed by atoms with Crippen molar-refractivity contribution in [1.82, 2.24) is 9.88 Å². The molecule has 2 amide bonds. The maximum atomic E-state index is 12.8. The van der Waals surface area contributed by atoms with Crippen molar-refractivity contribution in [3.63, 3.8) is 0 Å². The number of hydrogen-bond acceptors (Lipinski definition) is 5. The molecule has 2 aromatic rings. The van der Waals surface area contributed by atoms with Crippen LogP contribution in [0.2, 0.25) is 0 Å². The molecular weight excluding hydrogens is 328 g/mol. The molecule has 0 saturated heterocycles. The number of pyridine rings is 1. The molecule has 0 spiro atoms. The summed E-state index contributed by atoms with van der Waals surface area (Å²) in [6, 6.07) is 9.26.